The number of ether oxygens (including phenoxy) is 8. The Morgan fingerprint density at radius 2 is 0.961 bits per heavy atom. The van der Waals surface area contributed by atoms with Crippen molar-refractivity contribution in [2.75, 3.05) is 55.9 Å². The zero-order chi connectivity index (χ0) is 58.1. The van der Waals surface area contributed by atoms with Gasteiger partial charge < -0.3 is 57.4 Å². The molecule has 36 heteroatoms. The third-order valence-corrected chi connectivity index (χ3v) is 11.5. The van der Waals surface area contributed by atoms with E-state index in [1.165, 1.54) is 59.6 Å². The first kappa shape index (κ1) is 72.7. The van der Waals surface area contributed by atoms with Crippen LogP contribution in [0, 0.1) is 0 Å². The van der Waals surface area contributed by atoms with Gasteiger partial charge in [-0.2, -0.15) is 64.8 Å². The Morgan fingerprint density at radius 1 is 0.558 bits per heavy atom. The van der Waals surface area contributed by atoms with Crippen molar-refractivity contribution >= 4 is 64.2 Å². The van der Waals surface area contributed by atoms with Crippen LogP contribution in [-0.4, -0.2) is 115 Å². The predicted molar refractivity (Wildman–Crippen MR) is 246 cm³/mol. The van der Waals surface area contributed by atoms with E-state index in [2.05, 4.69) is 13.7 Å². The summed E-state index contributed by atoms with van der Waals surface area (Å²) in [7, 11) is -11.2. The van der Waals surface area contributed by atoms with Crippen molar-refractivity contribution in [3.8, 4) is 46.0 Å². The summed E-state index contributed by atoms with van der Waals surface area (Å²) in [4.78, 5) is 43.8. The molecule has 0 aliphatic heterocycles. The van der Waals surface area contributed by atoms with Gasteiger partial charge in [0.05, 0.1) is 67.3 Å². The second-order valence-corrected chi connectivity index (χ2v) is 17.7. The topological polar surface area (TPSA) is 310 Å². The molecule has 0 unspecified atom stereocenters. The minimum Gasteiger partial charge on any atom is -1.00 e. The van der Waals surface area contributed by atoms with Gasteiger partial charge in [0.2, 0.25) is 0 Å². The first-order valence-electron chi connectivity index (χ1n) is 19.4. The molecule has 0 saturated carbocycles. The van der Waals surface area contributed by atoms with Crippen LogP contribution in [0.1, 0.15) is 40.0 Å². The Balaban J connectivity index is -0.000000923. The fourth-order valence-corrected chi connectivity index (χ4v) is 6.83. The zero-order valence-corrected chi connectivity index (χ0v) is 45.1. The maximum Gasteiger partial charge on any atom is 1.00 e. The summed E-state index contributed by atoms with van der Waals surface area (Å²) in [5, 5.41) is 10.0. The summed E-state index contributed by atoms with van der Waals surface area (Å²) < 4.78 is 222. The van der Waals surface area contributed by atoms with E-state index >= 15 is 0 Å². The molecule has 3 aromatic carbocycles. The van der Waals surface area contributed by atoms with E-state index in [4.69, 9.17) is 37.3 Å². The van der Waals surface area contributed by atoms with E-state index < -0.39 is 70.0 Å². The second kappa shape index (κ2) is 30.5. The van der Waals surface area contributed by atoms with Gasteiger partial charge in [-0.05, 0) is 26.8 Å². The van der Waals surface area contributed by atoms with Gasteiger partial charge in [0.15, 0.2) is 11.5 Å². The Bertz CT molecular complexity index is 3190. The predicted octanol–water partition coefficient (Wildman–Crippen LogP) is 5.10. The first-order chi connectivity index (χ1) is 34.4. The summed E-state index contributed by atoms with van der Waals surface area (Å²) in [6.07, 6.45) is -0.588. The average molecular weight is 1200 g/mol. The van der Waals surface area contributed by atoms with Crippen molar-refractivity contribution < 1.29 is 165 Å². The number of ketones is 1. The maximum absolute atomic E-state index is 12.5. The van der Waals surface area contributed by atoms with Gasteiger partial charge in [0.1, 0.15) is 62.4 Å². The van der Waals surface area contributed by atoms with Gasteiger partial charge in [-0.25, -0.2) is 14.4 Å². The summed E-state index contributed by atoms with van der Waals surface area (Å²) in [5.74, 6) is 0.799. The number of alkyl halides is 9. The van der Waals surface area contributed by atoms with Crippen LogP contribution < -0.4 is 73.4 Å². The quantitative estimate of drug-likeness (QED) is 0.0305. The van der Waals surface area contributed by atoms with Crippen molar-refractivity contribution in [2.24, 2.45) is 0 Å². The molecule has 77 heavy (non-hydrogen) atoms. The maximum atomic E-state index is 12.5. The molecule has 1 N–H and O–H groups in total. The molecule has 5 aromatic rings. The van der Waals surface area contributed by atoms with Crippen molar-refractivity contribution in [1.29, 1.82) is 0 Å². The van der Waals surface area contributed by atoms with Crippen LogP contribution in [0.25, 0.3) is 21.9 Å². The first-order valence-corrected chi connectivity index (χ1v) is 23.6. The minimum absolute atomic E-state index is 0. The molecular weight excluding hydrogens is 1150 g/mol. The molecule has 0 amide bonds. The monoisotopic (exact) mass is 1200 g/mol. The number of hydrogen-bond donors (Lipinski definition) is 1. The van der Waals surface area contributed by atoms with E-state index in [1.54, 1.807) is 52.3 Å². The fourth-order valence-electron chi connectivity index (χ4n) is 4.80. The van der Waals surface area contributed by atoms with Gasteiger partial charge in [0, 0.05) is 42.5 Å². The SMILES string of the molecule is C.CCOC(=O)OCC.COc1cc(O)c(C(C)=O)c(OC)c1.COc1cc(OC)c2c(OS(=O)(=O)C(F)(F)F)cc(=O)oc2c1.COc1cc(OC)c2ccc(=O)oc2c1.O=S(=O)(OS(=O)(=O)C(F)(F)F)C(F)(F)F.[H-].[Na+]. The number of carbonyl (C=O) groups excluding carboxylic acids is 2. The summed E-state index contributed by atoms with van der Waals surface area (Å²) >= 11 is 0. The van der Waals surface area contributed by atoms with Crippen molar-refractivity contribution in [2.45, 2.75) is 44.7 Å². The number of Topliss-reactive ketones (excluding diaryl/α,β-unsaturated/α-hetero) is 1. The van der Waals surface area contributed by atoms with Crippen LogP contribution in [0.5, 0.6) is 46.0 Å². The van der Waals surface area contributed by atoms with E-state index in [9.17, 15) is 89.1 Å². The second-order valence-electron chi connectivity index (χ2n) is 12.9. The number of hydrogen-bond acceptors (Lipinski definition) is 23. The molecule has 0 saturated heterocycles. The molecule has 0 fully saturated rings. The number of halogens is 9. The molecule has 430 valence electrons. The fraction of sp³-hybridized carbons (Fsp3) is 0.366. The number of carbonyl (C=O) groups is 2. The summed E-state index contributed by atoms with van der Waals surface area (Å²) in [6, 6.07) is 12.2. The number of methoxy groups -OCH3 is 6. The Morgan fingerprint density at radius 3 is 1.36 bits per heavy atom. The number of rotatable bonds is 13. The average Bonchev–Trinajstić information content (AvgIpc) is 3.29. The number of aromatic hydroxyl groups is 1. The number of phenols is 1. The number of benzene rings is 3. The van der Waals surface area contributed by atoms with E-state index in [-0.39, 0.29) is 78.0 Å². The number of fused-ring (bicyclic) bond motifs is 2. The van der Waals surface area contributed by atoms with Crippen LogP contribution in [0.3, 0.4) is 0 Å². The van der Waals surface area contributed by atoms with Gasteiger partial charge in [-0.3, -0.25) is 4.79 Å². The molecule has 2 aromatic heterocycles. The van der Waals surface area contributed by atoms with Crippen LogP contribution in [-0.2, 0) is 43.5 Å². The molecule has 0 spiro atoms. The Kier molecular flexibility index (Phi) is 28.8. The van der Waals surface area contributed by atoms with E-state index in [0.29, 0.717) is 47.9 Å². The molecule has 5 rings (SSSR count). The molecule has 0 atom stereocenters. The van der Waals surface area contributed by atoms with Gasteiger partial charge in [-0.1, -0.05) is 7.43 Å². The van der Waals surface area contributed by atoms with Gasteiger partial charge in [-0.15, -0.1) is 3.63 Å². The molecule has 23 nitrogen and oxygen atoms in total. The van der Waals surface area contributed by atoms with Gasteiger partial charge >= 0.3 is 93.8 Å². The summed E-state index contributed by atoms with van der Waals surface area (Å²) in [5.41, 5.74) is -19.3. The summed E-state index contributed by atoms with van der Waals surface area (Å²) in [6.45, 7) is 5.58. The zero-order valence-electron chi connectivity index (χ0n) is 41.7. The normalized spacial score (nSPS) is 11.2. The third-order valence-electron chi connectivity index (χ3n) is 7.95. The minimum atomic E-state index is -6.85. The standard InChI is InChI=1S/C12H9F3O7S.C11H10O4.C10H12O4.C5H10O3.C2F6O5S2.CH4.Na.H/c1-19-6-3-7(20-2)11-8(4-6)21-10(16)5-9(11)22-23(17,18)12(13,14)15;1-13-7-5-9(14-2)8-3-4-11(12)15-10(8)6-7;1-6(11)10-8(12)4-7(13-2)5-9(10)14-3;1-3-7-5(6)8-4-2;3-1(4,5)14(9,10)13-15(11,12)2(6,7)8;;;/h3-5H,1-2H3;3-6H,1-2H3;4-5,12H,1-3H3;3-4H2,1-2H3;;1H4;;/q;;;;;;+1;-1. The van der Waals surface area contributed by atoms with Crippen molar-refractivity contribution in [1.82, 2.24) is 0 Å². The van der Waals surface area contributed by atoms with E-state index in [1.807, 2.05) is 3.63 Å². The van der Waals surface area contributed by atoms with Crippen LogP contribution in [0.4, 0.5) is 44.3 Å². The third kappa shape index (κ3) is 21.2. The molecule has 0 aliphatic rings. The van der Waals surface area contributed by atoms with Crippen LogP contribution in [0.15, 0.2) is 73.0 Å². The van der Waals surface area contributed by atoms with Crippen molar-refractivity contribution in [3.05, 3.63) is 81.0 Å². The van der Waals surface area contributed by atoms with Gasteiger partial charge in [0.25, 0.3) is 0 Å². The molecule has 2 heterocycles. The molecular formula is C41H46F9NaO23S3. The van der Waals surface area contributed by atoms with Crippen molar-refractivity contribution in [3.63, 3.8) is 0 Å². The van der Waals surface area contributed by atoms with Crippen LogP contribution in [0.2, 0.25) is 0 Å². The number of phenolic OH excluding ortho intramolecular Hbond substituents is 1. The molecule has 0 aliphatic carbocycles. The van der Waals surface area contributed by atoms with E-state index in [0.717, 1.165) is 5.39 Å². The smallest absolute Gasteiger partial charge is 1.00 e. The Hall–Kier alpha value is -6.40. The molecule has 0 bridgehead atoms. The Labute approximate surface area is 454 Å². The largest absolute Gasteiger partial charge is 1.00 e. The van der Waals surface area contributed by atoms with Crippen LogP contribution >= 0.6 is 0 Å². The molecule has 0 radical (unpaired) electrons.